The summed E-state index contributed by atoms with van der Waals surface area (Å²) in [6.07, 6.45) is -7.10. The van der Waals surface area contributed by atoms with Crippen LogP contribution < -0.4 is 10.1 Å². The quantitative estimate of drug-likeness (QED) is 0.467. The maximum atomic E-state index is 12.9. The minimum atomic E-state index is -1.57. The highest BCUT2D eigenvalue weighted by Crippen LogP contribution is 2.28. The zero-order valence-corrected chi connectivity index (χ0v) is 16.8. The number of hydrogen-bond donors (Lipinski definition) is 5. The summed E-state index contributed by atoms with van der Waals surface area (Å²) in [5.41, 5.74) is 1.97. The lowest BCUT2D eigenvalue weighted by Crippen LogP contribution is -2.60. The maximum absolute atomic E-state index is 12.9. The molecule has 6 unspecified atom stereocenters. The Morgan fingerprint density at radius 3 is 2.47 bits per heavy atom. The minimum absolute atomic E-state index is 0.150. The number of aryl methyl sites for hydroxylation is 1. The monoisotopic (exact) mass is 417 g/mol. The van der Waals surface area contributed by atoms with Crippen molar-refractivity contribution >= 4 is 5.91 Å². The van der Waals surface area contributed by atoms with Crippen LogP contribution in [0.3, 0.4) is 0 Å². The highest BCUT2D eigenvalue weighted by molar-refractivity contribution is 5.97. The van der Waals surface area contributed by atoms with Crippen LogP contribution in [0.1, 0.15) is 34.5 Å². The van der Waals surface area contributed by atoms with E-state index in [2.05, 4.69) is 5.32 Å². The fourth-order valence-corrected chi connectivity index (χ4v) is 3.30. The van der Waals surface area contributed by atoms with Crippen molar-refractivity contribution in [2.24, 2.45) is 0 Å². The number of benzene rings is 2. The lowest BCUT2D eigenvalue weighted by atomic mass is 9.99. The number of aliphatic hydroxyl groups is 4. The molecule has 2 aromatic rings. The van der Waals surface area contributed by atoms with Gasteiger partial charge in [-0.1, -0.05) is 36.4 Å². The van der Waals surface area contributed by atoms with E-state index in [9.17, 15) is 25.2 Å². The molecule has 0 saturated carbocycles. The Kier molecular flexibility index (Phi) is 7.06. The zero-order valence-electron chi connectivity index (χ0n) is 16.8. The number of carbonyl (C=O) groups excluding carboxylic acids is 1. The predicted octanol–water partition coefficient (Wildman–Crippen LogP) is 0.665. The van der Waals surface area contributed by atoms with Crippen molar-refractivity contribution in [1.82, 2.24) is 5.32 Å². The Bertz CT molecular complexity index is 858. The van der Waals surface area contributed by atoms with Gasteiger partial charge in [-0.15, -0.1) is 0 Å². The van der Waals surface area contributed by atoms with E-state index in [1.54, 1.807) is 18.2 Å². The Labute approximate surface area is 174 Å². The molecule has 8 heteroatoms. The number of aliphatic hydroxyl groups excluding tert-OH is 4. The molecule has 8 nitrogen and oxygen atoms in total. The van der Waals surface area contributed by atoms with Gasteiger partial charge < -0.3 is 35.2 Å². The van der Waals surface area contributed by atoms with Gasteiger partial charge >= 0.3 is 0 Å². The van der Waals surface area contributed by atoms with Gasteiger partial charge in [-0.25, -0.2) is 0 Å². The van der Waals surface area contributed by atoms with E-state index in [1.165, 1.54) is 0 Å². The largest absolute Gasteiger partial charge is 0.461 e. The Balaban J connectivity index is 1.80. The summed E-state index contributed by atoms with van der Waals surface area (Å²) in [5, 5.41) is 42.4. The Morgan fingerprint density at radius 1 is 1.10 bits per heavy atom. The fraction of sp³-hybridized carbons (Fsp3) is 0.409. The molecule has 1 aliphatic rings. The minimum Gasteiger partial charge on any atom is -0.461 e. The average molecular weight is 417 g/mol. The second-order valence-corrected chi connectivity index (χ2v) is 7.42. The third-order valence-electron chi connectivity index (χ3n) is 5.12. The van der Waals surface area contributed by atoms with Gasteiger partial charge in [-0.2, -0.15) is 0 Å². The van der Waals surface area contributed by atoms with Crippen LogP contribution in [0.4, 0.5) is 0 Å². The molecule has 0 spiro atoms. The third-order valence-corrected chi connectivity index (χ3v) is 5.12. The Hall–Kier alpha value is -2.49. The maximum Gasteiger partial charge on any atom is 0.255 e. The van der Waals surface area contributed by atoms with Gasteiger partial charge in [-0.05, 0) is 37.1 Å². The molecular formula is C22H27NO7. The van der Waals surface area contributed by atoms with Crippen molar-refractivity contribution in [2.45, 2.75) is 50.6 Å². The van der Waals surface area contributed by atoms with E-state index in [0.29, 0.717) is 0 Å². The molecule has 1 fully saturated rings. The smallest absolute Gasteiger partial charge is 0.255 e. The first-order valence-electron chi connectivity index (χ1n) is 9.75. The zero-order chi connectivity index (χ0) is 21.8. The van der Waals surface area contributed by atoms with Crippen LogP contribution in [0.15, 0.2) is 48.5 Å². The highest BCUT2D eigenvalue weighted by atomic mass is 16.7. The second-order valence-electron chi connectivity index (χ2n) is 7.42. The molecule has 1 saturated heterocycles. The molecule has 1 aliphatic heterocycles. The van der Waals surface area contributed by atoms with Crippen LogP contribution in [0.2, 0.25) is 0 Å². The van der Waals surface area contributed by atoms with E-state index in [4.69, 9.17) is 9.47 Å². The van der Waals surface area contributed by atoms with Crippen LogP contribution in [0.5, 0.6) is 5.75 Å². The summed E-state index contributed by atoms with van der Waals surface area (Å²) in [6.45, 7) is 3.11. The first-order valence-corrected chi connectivity index (χ1v) is 9.75. The molecule has 0 radical (unpaired) electrons. The van der Waals surface area contributed by atoms with Crippen LogP contribution in [0.25, 0.3) is 0 Å². The number of carbonyl (C=O) groups is 1. The lowest BCUT2D eigenvalue weighted by molar-refractivity contribution is -0.277. The molecule has 0 aliphatic carbocycles. The average Bonchev–Trinajstić information content (AvgIpc) is 2.74. The summed E-state index contributed by atoms with van der Waals surface area (Å²) in [4.78, 5) is 12.9. The van der Waals surface area contributed by atoms with Gasteiger partial charge in [0.15, 0.2) is 0 Å². The molecule has 6 atom stereocenters. The normalized spacial score (nSPS) is 27.3. The number of nitrogens with one attached hydrogen (secondary N) is 1. The standard InChI is InChI=1S/C22H27NO7/c1-12-8-9-15(21(28)23-13(2)14-6-4-3-5-7-14)16(10-12)29-22-20(27)19(26)18(25)17(11-24)30-22/h3-10,13,17-20,22,24-27H,11H2,1-2H3,(H,23,28). The number of ether oxygens (including phenoxy) is 2. The SMILES string of the molecule is Cc1ccc(C(=O)NC(C)c2ccccc2)c(OC2OC(CO)C(O)C(O)C2O)c1. The van der Waals surface area contributed by atoms with Gasteiger partial charge in [0.1, 0.15) is 30.2 Å². The number of hydrogen-bond acceptors (Lipinski definition) is 7. The van der Waals surface area contributed by atoms with Crippen LogP contribution in [0, 0.1) is 6.92 Å². The molecule has 5 N–H and O–H groups in total. The highest BCUT2D eigenvalue weighted by Gasteiger charge is 2.45. The first kappa shape index (κ1) is 22.2. The third kappa shape index (κ3) is 4.80. The number of amides is 1. The molecule has 3 rings (SSSR count). The van der Waals surface area contributed by atoms with Gasteiger partial charge in [0.05, 0.1) is 18.2 Å². The summed E-state index contributed by atoms with van der Waals surface area (Å²) < 4.78 is 11.1. The lowest BCUT2D eigenvalue weighted by Gasteiger charge is -2.39. The summed E-state index contributed by atoms with van der Waals surface area (Å²) in [6, 6.07) is 14.2. The van der Waals surface area contributed by atoms with Crippen molar-refractivity contribution in [3.05, 3.63) is 65.2 Å². The van der Waals surface area contributed by atoms with E-state index >= 15 is 0 Å². The van der Waals surface area contributed by atoms with E-state index in [0.717, 1.165) is 11.1 Å². The molecule has 2 aromatic carbocycles. The molecule has 1 heterocycles. The van der Waals surface area contributed by atoms with E-state index < -0.39 is 37.3 Å². The summed E-state index contributed by atoms with van der Waals surface area (Å²) in [7, 11) is 0. The van der Waals surface area contributed by atoms with Crippen LogP contribution in [-0.4, -0.2) is 63.6 Å². The van der Waals surface area contributed by atoms with Gasteiger partial charge in [0.2, 0.25) is 6.29 Å². The predicted molar refractivity (Wildman–Crippen MR) is 108 cm³/mol. The first-order chi connectivity index (χ1) is 14.3. The topological polar surface area (TPSA) is 128 Å². The van der Waals surface area contributed by atoms with Crippen molar-refractivity contribution in [2.75, 3.05) is 6.61 Å². The molecule has 162 valence electrons. The second kappa shape index (κ2) is 9.55. The molecular weight excluding hydrogens is 390 g/mol. The summed E-state index contributed by atoms with van der Waals surface area (Å²) >= 11 is 0. The van der Waals surface area contributed by atoms with Gasteiger partial charge in [0, 0.05) is 0 Å². The van der Waals surface area contributed by atoms with E-state index in [1.807, 2.05) is 44.2 Å². The van der Waals surface area contributed by atoms with Crippen molar-refractivity contribution in [3.8, 4) is 5.75 Å². The van der Waals surface area contributed by atoms with Crippen molar-refractivity contribution in [3.63, 3.8) is 0 Å². The van der Waals surface area contributed by atoms with Crippen LogP contribution >= 0.6 is 0 Å². The Morgan fingerprint density at radius 2 is 1.80 bits per heavy atom. The molecule has 0 aromatic heterocycles. The van der Waals surface area contributed by atoms with E-state index in [-0.39, 0.29) is 23.3 Å². The van der Waals surface area contributed by atoms with Gasteiger partial charge in [-0.3, -0.25) is 4.79 Å². The van der Waals surface area contributed by atoms with Crippen molar-refractivity contribution in [1.29, 1.82) is 0 Å². The van der Waals surface area contributed by atoms with Gasteiger partial charge in [0.25, 0.3) is 5.91 Å². The summed E-state index contributed by atoms with van der Waals surface area (Å²) in [5.74, 6) is -0.233. The molecule has 1 amide bonds. The van der Waals surface area contributed by atoms with Crippen LogP contribution in [-0.2, 0) is 4.74 Å². The van der Waals surface area contributed by atoms with Crippen molar-refractivity contribution < 1.29 is 34.7 Å². The number of rotatable bonds is 6. The molecule has 30 heavy (non-hydrogen) atoms. The molecule has 0 bridgehead atoms. The fourth-order valence-electron chi connectivity index (χ4n) is 3.30.